The number of unbranched alkanes of at least 4 members (excludes halogenated alkanes) is 1. The third-order valence-electron chi connectivity index (χ3n) is 2.87. The number of benzene rings is 1. The van der Waals surface area contributed by atoms with Gasteiger partial charge in [-0.15, -0.1) is 0 Å². The van der Waals surface area contributed by atoms with Crippen LogP contribution in [0.5, 0.6) is 0 Å². The van der Waals surface area contributed by atoms with Crippen LogP contribution in [0.1, 0.15) is 37.8 Å². The SMILES string of the molecule is CCCCc1ccccc1CC(C)C(=O)O. The summed E-state index contributed by atoms with van der Waals surface area (Å²) in [7, 11) is 0. The Balaban J connectivity index is 2.74. The average molecular weight is 220 g/mol. The van der Waals surface area contributed by atoms with Gasteiger partial charge >= 0.3 is 5.97 Å². The molecule has 88 valence electrons. The molecule has 0 aromatic heterocycles. The summed E-state index contributed by atoms with van der Waals surface area (Å²) < 4.78 is 0. The smallest absolute Gasteiger partial charge is 0.306 e. The predicted molar refractivity (Wildman–Crippen MR) is 65.6 cm³/mol. The molecule has 0 spiro atoms. The van der Waals surface area contributed by atoms with Gasteiger partial charge in [0.1, 0.15) is 0 Å². The van der Waals surface area contributed by atoms with Crippen molar-refractivity contribution in [1.82, 2.24) is 0 Å². The van der Waals surface area contributed by atoms with E-state index in [2.05, 4.69) is 13.0 Å². The van der Waals surface area contributed by atoms with Crippen molar-refractivity contribution in [2.24, 2.45) is 5.92 Å². The fraction of sp³-hybridized carbons (Fsp3) is 0.500. The van der Waals surface area contributed by atoms with Crippen LogP contribution in [0, 0.1) is 5.92 Å². The Hall–Kier alpha value is -1.31. The summed E-state index contributed by atoms with van der Waals surface area (Å²) in [5.41, 5.74) is 2.49. The van der Waals surface area contributed by atoms with Crippen molar-refractivity contribution in [3.8, 4) is 0 Å². The van der Waals surface area contributed by atoms with E-state index >= 15 is 0 Å². The standard InChI is InChI=1S/C14H20O2/c1-3-4-7-12-8-5-6-9-13(12)10-11(2)14(15)16/h5-6,8-9,11H,3-4,7,10H2,1-2H3,(H,15,16). The second-order valence-electron chi connectivity index (χ2n) is 4.32. The number of rotatable bonds is 6. The minimum absolute atomic E-state index is 0.303. The summed E-state index contributed by atoms with van der Waals surface area (Å²) in [6.07, 6.45) is 4.02. The zero-order valence-corrected chi connectivity index (χ0v) is 10.1. The highest BCUT2D eigenvalue weighted by Crippen LogP contribution is 2.16. The molecule has 2 nitrogen and oxygen atoms in total. The van der Waals surface area contributed by atoms with Crippen LogP contribution in [0.25, 0.3) is 0 Å². The third-order valence-corrected chi connectivity index (χ3v) is 2.87. The molecule has 1 aromatic rings. The first-order valence-corrected chi connectivity index (χ1v) is 5.94. The molecule has 1 atom stereocenters. The van der Waals surface area contributed by atoms with E-state index in [1.54, 1.807) is 6.92 Å². The highest BCUT2D eigenvalue weighted by Gasteiger charge is 2.13. The number of carbonyl (C=O) groups is 1. The summed E-state index contributed by atoms with van der Waals surface area (Å²) in [6, 6.07) is 8.17. The van der Waals surface area contributed by atoms with Crippen LogP contribution in [-0.4, -0.2) is 11.1 Å². The number of aliphatic carboxylic acids is 1. The second-order valence-corrected chi connectivity index (χ2v) is 4.32. The lowest BCUT2D eigenvalue weighted by molar-refractivity contribution is -0.141. The number of carboxylic acids is 1. The van der Waals surface area contributed by atoms with Gasteiger partial charge in [0.25, 0.3) is 0 Å². The molecule has 0 aliphatic rings. The minimum atomic E-state index is -0.717. The predicted octanol–water partition coefficient (Wildman–Crippen LogP) is 3.29. The zero-order chi connectivity index (χ0) is 12.0. The van der Waals surface area contributed by atoms with Gasteiger partial charge in [0.15, 0.2) is 0 Å². The molecule has 0 heterocycles. The molecule has 16 heavy (non-hydrogen) atoms. The van der Waals surface area contributed by atoms with Crippen LogP contribution in [0.4, 0.5) is 0 Å². The van der Waals surface area contributed by atoms with Gasteiger partial charge in [0.05, 0.1) is 5.92 Å². The lowest BCUT2D eigenvalue weighted by Gasteiger charge is -2.11. The Morgan fingerprint density at radius 3 is 2.50 bits per heavy atom. The lowest BCUT2D eigenvalue weighted by Crippen LogP contribution is -2.13. The minimum Gasteiger partial charge on any atom is -0.481 e. The highest BCUT2D eigenvalue weighted by atomic mass is 16.4. The Labute approximate surface area is 97.3 Å². The van der Waals surface area contributed by atoms with E-state index in [1.807, 2.05) is 18.2 Å². The molecular weight excluding hydrogens is 200 g/mol. The molecule has 0 saturated heterocycles. The first kappa shape index (κ1) is 12.8. The number of carboxylic acid groups (broad SMARTS) is 1. The van der Waals surface area contributed by atoms with Crippen LogP contribution in [0.3, 0.4) is 0 Å². The normalized spacial score (nSPS) is 12.4. The van der Waals surface area contributed by atoms with Gasteiger partial charge < -0.3 is 5.11 Å². The van der Waals surface area contributed by atoms with Crippen molar-refractivity contribution in [3.63, 3.8) is 0 Å². The summed E-state index contributed by atoms with van der Waals surface area (Å²) in [5.74, 6) is -1.02. The van der Waals surface area contributed by atoms with Gasteiger partial charge in [-0.25, -0.2) is 0 Å². The van der Waals surface area contributed by atoms with E-state index in [9.17, 15) is 4.79 Å². The number of aryl methyl sites for hydroxylation is 1. The maximum Gasteiger partial charge on any atom is 0.306 e. The Kier molecular flexibility index (Phi) is 5.03. The maximum atomic E-state index is 10.8. The molecule has 0 radical (unpaired) electrons. The first-order valence-electron chi connectivity index (χ1n) is 5.94. The van der Waals surface area contributed by atoms with Crippen molar-refractivity contribution < 1.29 is 9.90 Å². The fourth-order valence-electron chi connectivity index (χ4n) is 1.78. The topological polar surface area (TPSA) is 37.3 Å². The van der Waals surface area contributed by atoms with Crippen LogP contribution in [0.2, 0.25) is 0 Å². The van der Waals surface area contributed by atoms with Crippen molar-refractivity contribution >= 4 is 5.97 Å². The Morgan fingerprint density at radius 2 is 1.94 bits per heavy atom. The summed E-state index contributed by atoms with van der Waals surface area (Å²) in [6.45, 7) is 3.93. The molecule has 1 N–H and O–H groups in total. The molecule has 1 rings (SSSR count). The molecule has 0 bridgehead atoms. The Bertz CT molecular complexity index is 344. The molecule has 0 saturated carbocycles. The molecule has 1 aromatic carbocycles. The van der Waals surface area contributed by atoms with E-state index in [0.29, 0.717) is 6.42 Å². The van der Waals surface area contributed by atoms with Gasteiger partial charge in [-0.3, -0.25) is 4.79 Å². The molecule has 0 amide bonds. The zero-order valence-electron chi connectivity index (χ0n) is 10.1. The summed E-state index contributed by atoms with van der Waals surface area (Å²) in [4.78, 5) is 10.8. The lowest BCUT2D eigenvalue weighted by atomic mass is 9.94. The van der Waals surface area contributed by atoms with Crippen molar-refractivity contribution in [2.45, 2.75) is 39.5 Å². The third kappa shape index (κ3) is 3.69. The van der Waals surface area contributed by atoms with Gasteiger partial charge in [0.2, 0.25) is 0 Å². The van der Waals surface area contributed by atoms with Crippen molar-refractivity contribution in [3.05, 3.63) is 35.4 Å². The van der Waals surface area contributed by atoms with Gasteiger partial charge in [-0.1, -0.05) is 44.5 Å². The molecule has 1 unspecified atom stereocenters. The summed E-state index contributed by atoms with van der Waals surface area (Å²) >= 11 is 0. The molecule has 0 aliphatic heterocycles. The van der Waals surface area contributed by atoms with E-state index in [0.717, 1.165) is 6.42 Å². The second kappa shape index (κ2) is 6.31. The van der Waals surface area contributed by atoms with Gasteiger partial charge in [0, 0.05) is 0 Å². The van der Waals surface area contributed by atoms with E-state index in [1.165, 1.54) is 24.0 Å². The van der Waals surface area contributed by atoms with Crippen molar-refractivity contribution in [2.75, 3.05) is 0 Å². The first-order chi connectivity index (χ1) is 7.65. The van der Waals surface area contributed by atoms with Crippen LogP contribution in [0.15, 0.2) is 24.3 Å². The Morgan fingerprint density at radius 1 is 1.31 bits per heavy atom. The fourth-order valence-corrected chi connectivity index (χ4v) is 1.78. The molecule has 2 heteroatoms. The summed E-state index contributed by atoms with van der Waals surface area (Å²) in [5, 5.41) is 8.91. The largest absolute Gasteiger partial charge is 0.481 e. The number of hydrogen-bond acceptors (Lipinski definition) is 1. The van der Waals surface area contributed by atoms with Crippen molar-refractivity contribution in [1.29, 1.82) is 0 Å². The molecular formula is C14H20O2. The maximum absolute atomic E-state index is 10.8. The van der Waals surface area contributed by atoms with Crippen LogP contribution in [-0.2, 0) is 17.6 Å². The van der Waals surface area contributed by atoms with Crippen LogP contribution >= 0.6 is 0 Å². The average Bonchev–Trinajstić information content (AvgIpc) is 2.27. The molecule has 0 aliphatic carbocycles. The highest BCUT2D eigenvalue weighted by molar-refractivity contribution is 5.70. The van der Waals surface area contributed by atoms with Gasteiger partial charge in [-0.2, -0.15) is 0 Å². The van der Waals surface area contributed by atoms with Gasteiger partial charge in [-0.05, 0) is 30.4 Å². The quantitative estimate of drug-likeness (QED) is 0.798. The van der Waals surface area contributed by atoms with Crippen LogP contribution < -0.4 is 0 Å². The van der Waals surface area contributed by atoms with E-state index in [4.69, 9.17) is 5.11 Å². The van der Waals surface area contributed by atoms with E-state index in [-0.39, 0.29) is 5.92 Å². The number of hydrogen-bond donors (Lipinski definition) is 1. The monoisotopic (exact) mass is 220 g/mol. The van der Waals surface area contributed by atoms with E-state index < -0.39 is 5.97 Å². The molecule has 0 fully saturated rings.